The van der Waals surface area contributed by atoms with Crippen LogP contribution in [0.3, 0.4) is 0 Å². The topological polar surface area (TPSA) is 20.2 Å². The van der Waals surface area contributed by atoms with E-state index in [0.717, 1.165) is 18.4 Å². The summed E-state index contributed by atoms with van der Waals surface area (Å²) in [5, 5.41) is 9.74. The van der Waals surface area contributed by atoms with Crippen LogP contribution in [0.4, 0.5) is 0 Å². The van der Waals surface area contributed by atoms with E-state index in [1.54, 1.807) is 6.07 Å². The highest BCUT2D eigenvalue weighted by molar-refractivity contribution is 6.30. The van der Waals surface area contributed by atoms with Gasteiger partial charge in [-0.2, -0.15) is 0 Å². The molecule has 0 fully saturated rings. The molecule has 12 heavy (non-hydrogen) atoms. The first-order chi connectivity index (χ1) is 5.72. The van der Waals surface area contributed by atoms with Crippen molar-refractivity contribution in [2.45, 2.75) is 12.8 Å². The number of halogens is 2. The van der Waals surface area contributed by atoms with Crippen LogP contribution >= 0.6 is 23.2 Å². The number of aryl methyl sites for hydroxylation is 1. The summed E-state index contributed by atoms with van der Waals surface area (Å²) in [6.45, 7) is 0. The smallest absolute Gasteiger partial charge is 0.117 e. The van der Waals surface area contributed by atoms with Crippen molar-refractivity contribution >= 4 is 23.2 Å². The molecule has 3 heteroatoms. The number of phenolic OH excluding ortho intramolecular Hbond substituents is 1. The molecule has 0 aliphatic heterocycles. The molecule has 0 heterocycles. The maximum atomic E-state index is 9.18. The van der Waals surface area contributed by atoms with Gasteiger partial charge in [0.25, 0.3) is 0 Å². The summed E-state index contributed by atoms with van der Waals surface area (Å²) in [5.74, 6) is 0.847. The SMILES string of the molecule is Oc1cc(Cl)cc(CCCCl)c1. The predicted molar refractivity (Wildman–Crippen MR) is 52.2 cm³/mol. The highest BCUT2D eigenvalue weighted by Gasteiger charge is 1.97. The van der Waals surface area contributed by atoms with Gasteiger partial charge in [-0.05, 0) is 36.6 Å². The lowest BCUT2D eigenvalue weighted by Crippen LogP contribution is -1.85. The van der Waals surface area contributed by atoms with Crippen LogP contribution in [0.15, 0.2) is 18.2 Å². The van der Waals surface area contributed by atoms with Crippen LogP contribution in [-0.2, 0) is 6.42 Å². The van der Waals surface area contributed by atoms with Gasteiger partial charge < -0.3 is 5.11 Å². The first-order valence-electron chi connectivity index (χ1n) is 3.77. The largest absolute Gasteiger partial charge is 0.508 e. The molecular weight excluding hydrogens is 195 g/mol. The van der Waals surface area contributed by atoms with Crippen LogP contribution in [0.5, 0.6) is 5.75 Å². The van der Waals surface area contributed by atoms with E-state index in [2.05, 4.69) is 0 Å². The molecule has 0 spiro atoms. The van der Waals surface area contributed by atoms with Crippen molar-refractivity contribution < 1.29 is 5.11 Å². The number of hydrogen-bond donors (Lipinski definition) is 1. The van der Waals surface area contributed by atoms with E-state index in [-0.39, 0.29) is 5.75 Å². The molecule has 0 aliphatic rings. The van der Waals surface area contributed by atoms with Crippen molar-refractivity contribution in [3.8, 4) is 5.75 Å². The fourth-order valence-electron chi connectivity index (χ4n) is 1.05. The van der Waals surface area contributed by atoms with Crippen LogP contribution in [0.1, 0.15) is 12.0 Å². The monoisotopic (exact) mass is 204 g/mol. The van der Waals surface area contributed by atoms with E-state index in [1.165, 1.54) is 6.07 Å². The maximum absolute atomic E-state index is 9.18. The minimum absolute atomic E-state index is 0.215. The van der Waals surface area contributed by atoms with Crippen LogP contribution < -0.4 is 0 Å². The molecule has 0 amide bonds. The molecule has 66 valence electrons. The molecule has 0 aliphatic carbocycles. The van der Waals surface area contributed by atoms with Gasteiger partial charge in [0.15, 0.2) is 0 Å². The van der Waals surface area contributed by atoms with Crippen molar-refractivity contribution in [1.29, 1.82) is 0 Å². The Kier molecular flexibility index (Phi) is 3.70. The third-order valence-corrected chi connectivity index (χ3v) is 2.03. The van der Waals surface area contributed by atoms with E-state index in [4.69, 9.17) is 23.2 Å². The first-order valence-corrected chi connectivity index (χ1v) is 4.68. The maximum Gasteiger partial charge on any atom is 0.117 e. The van der Waals surface area contributed by atoms with Gasteiger partial charge in [0.05, 0.1) is 0 Å². The molecule has 0 radical (unpaired) electrons. The van der Waals surface area contributed by atoms with Gasteiger partial charge >= 0.3 is 0 Å². The van der Waals surface area contributed by atoms with Gasteiger partial charge in [0.2, 0.25) is 0 Å². The lowest BCUT2D eigenvalue weighted by Gasteiger charge is -2.00. The Bertz CT molecular complexity index is 240. The first kappa shape index (κ1) is 9.69. The Morgan fingerprint density at radius 3 is 2.58 bits per heavy atom. The molecule has 1 aromatic rings. The lowest BCUT2D eigenvalue weighted by atomic mass is 10.1. The van der Waals surface area contributed by atoms with Crippen molar-refractivity contribution in [3.63, 3.8) is 0 Å². The molecule has 1 rings (SSSR count). The third-order valence-electron chi connectivity index (χ3n) is 1.54. The van der Waals surface area contributed by atoms with Crippen LogP contribution in [0.25, 0.3) is 0 Å². The normalized spacial score (nSPS) is 10.2. The predicted octanol–water partition coefficient (Wildman–Crippen LogP) is 3.22. The third kappa shape index (κ3) is 2.92. The fourth-order valence-corrected chi connectivity index (χ4v) is 1.43. The number of benzene rings is 1. The van der Waals surface area contributed by atoms with Crippen molar-refractivity contribution in [2.75, 3.05) is 5.88 Å². The van der Waals surface area contributed by atoms with Crippen LogP contribution in [0, 0.1) is 0 Å². The number of rotatable bonds is 3. The zero-order valence-electron chi connectivity index (χ0n) is 6.56. The number of aromatic hydroxyl groups is 1. The molecule has 0 bridgehead atoms. The summed E-state index contributed by atoms with van der Waals surface area (Å²) in [5.41, 5.74) is 1.03. The Labute approximate surface area is 81.9 Å². The van der Waals surface area contributed by atoms with Crippen molar-refractivity contribution in [2.24, 2.45) is 0 Å². The second-order valence-corrected chi connectivity index (χ2v) is 3.42. The molecule has 1 aromatic carbocycles. The van der Waals surface area contributed by atoms with Gasteiger partial charge in [-0.1, -0.05) is 11.6 Å². The van der Waals surface area contributed by atoms with Crippen molar-refractivity contribution in [1.82, 2.24) is 0 Å². The van der Waals surface area contributed by atoms with Gasteiger partial charge in [-0.25, -0.2) is 0 Å². The summed E-state index contributed by atoms with van der Waals surface area (Å²) >= 11 is 11.3. The zero-order valence-corrected chi connectivity index (χ0v) is 8.07. The molecule has 1 nitrogen and oxygen atoms in total. The van der Waals surface area contributed by atoms with Crippen LogP contribution in [-0.4, -0.2) is 11.0 Å². The Hall–Kier alpha value is -0.400. The highest BCUT2D eigenvalue weighted by atomic mass is 35.5. The Morgan fingerprint density at radius 2 is 2.00 bits per heavy atom. The Morgan fingerprint density at radius 1 is 1.25 bits per heavy atom. The number of phenols is 1. The average molecular weight is 205 g/mol. The van der Waals surface area contributed by atoms with Gasteiger partial charge in [-0.3, -0.25) is 0 Å². The quantitative estimate of drug-likeness (QED) is 0.751. The van der Waals surface area contributed by atoms with E-state index in [1.807, 2.05) is 6.07 Å². The number of alkyl halides is 1. The van der Waals surface area contributed by atoms with Gasteiger partial charge in [-0.15, -0.1) is 11.6 Å². The standard InChI is InChI=1S/C9H10Cl2O/c10-3-1-2-7-4-8(11)6-9(12)5-7/h4-6,12H,1-3H2. The Balaban J connectivity index is 2.72. The summed E-state index contributed by atoms with van der Waals surface area (Å²) in [7, 11) is 0. The minimum atomic E-state index is 0.215. The molecular formula is C9H10Cl2O. The molecule has 0 saturated carbocycles. The molecule has 1 N–H and O–H groups in total. The highest BCUT2D eigenvalue weighted by Crippen LogP contribution is 2.20. The fraction of sp³-hybridized carbons (Fsp3) is 0.333. The van der Waals surface area contributed by atoms with Crippen LogP contribution in [0.2, 0.25) is 5.02 Å². The zero-order chi connectivity index (χ0) is 8.97. The minimum Gasteiger partial charge on any atom is -0.508 e. The average Bonchev–Trinajstić information content (AvgIpc) is 1.99. The summed E-state index contributed by atoms with van der Waals surface area (Å²) in [6.07, 6.45) is 1.76. The molecule has 0 unspecified atom stereocenters. The van der Waals surface area contributed by atoms with E-state index in [0.29, 0.717) is 10.9 Å². The van der Waals surface area contributed by atoms with Gasteiger partial charge in [0.1, 0.15) is 5.75 Å². The second kappa shape index (κ2) is 4.58. The van der Waals surface area contributed by atoms with E-state index in [9.17, 15) is 5.11 Å². The molecule has 0 saturated heterocycles. The lowest BCUT2D eigenvalue weighted by molar-refractivity contribution is 0.474. The summed E-state index contributed by atoms with van der Waals surface area (Å²) in [4.78, 5) is 0. The molecule has 0 atom stereocenters. The van der Waals surface area contributed by atoms with E-state index < -0.39 is 0 Å². The van der Waals surface area contributed by atoms with Crippen molar-refractivity contribution in [3.05, 3.63) is 28.8 Å². The number of hydrogen-bond acceptors (Lipinski definition) is 1. The summed E-state index contributed by atoms with van der Waals surface area (Å²) in [6, 6.07) is 5.07. The van der Waals surface area contributed by atoms with Gasteiger partial charge in [0, 0.05) is 10.9 Å². The van der Waals surface area contributed by atoms with E-state index >= 15 is 0 Å². The second-order valence-electron chi connectivity index (χ2n) is 2.61. The molecule has 0 aromatic heterocycles. The summed E-state index contributed by atoms with van der Waals surface area (Å²) < 4.78 is 0.